The Kier molecular flexibility index (Phi) is 4.78. The summed E-state index contributed by atoms with van der Waals surface area (Å²) in [7, 11) is 0. The van der Waals surface area contributed by atoms with E-state index >= 15 is 0 Å². The van der Waals surface area contributed by atoms with Crippen LogP contribution in [0.2, 0.25) is 0 Å². The van der Waals surface area contributed by atoms with Crippen molar-refractivity contribution in [2.75, 3.05) is 0 Å². The number of rotatable bonds is 5. The number of imidazole rings is 1. The van der Waals surface area contributed by atoms with Crippen molar-refractivity contribution >= 4 is 11.2 Å². The van der Waals surface area contributed by atoms with E-state index in [9.17, 15) is 18.4 Å². The van der Waals surface area contributed by atoms with E-state index in [2.05, 4.69) is 4.98 Å². The molecule has 0 aliphatic rings. The molecule has 3 heterocycles. The molecule has 0 unspecified atom stereocenters. The van der Waals surface area contributed by atoms with Crippen molar-refractivity contribution in [2.45, 2.75) is 13.1 Å². The third-order valence-electron chi connectivity index (χ3n) is 5.15. The maximum absolute atomic E-state index is 13.5. The highest BCUT2D eigenvalue weighted by atomic mass is 19.1. The lowest BCUT2D eigenvalue weighted by Gasteiger charge is -2.12. The van der Waals surface area contributed by atoms with Gasteiger partial charge < -0.3 is 8.98 Å². The summed E-state index contributed by atoms with van der Waals surface area (Å²) in [6.45, 7) is 0.165. The minimum Gasteiger partial charge on any atom is -0.467 e. The smallest absolute Gasteiger partial charge is 0.337 e. The van der Waals surface area contributed by atoms with Gasteiger partial charge in [-0.05, 0) is 54.1 Å². The lowest BCUT2D eigenvalue weighted by molar-refractivity contribution is 0.482. The van der Waals surface area contributed by atoms with Crippen molar-refractivity contribution in [1.29, 1.82) is 0 Å². The topological polar surface area (TPSA) is 75.0 Å². The van der Waals surface area contributed by atoms with Gasteiger partial charge >= 0.3 is 5.69 Å². The number of aromatic nitrogens is 4. The molecule has 0 fully saturated rings. The summed E-state index contributed by atoms with van der Waals surface area (Å²) < 4.78 is 36.0. The summed E-state index contributed by atoms with van der Waals surface area (Å²) in [6.07, 6.45) is 2.91. The van der Waals surface area contributed by atoms with Crippen LogP contribution in [0.15, 0.2) is 87.3 Å². The normalized spacial score (nSPS) is 11.3. The molecule has 7 nitrogen and oxygen atoms in total. The van der Waals surface area contributed by atoms with Gasteiger partial charge in [0.1, 0.15) is 17.4 Å². The molecule has 0 atom stereocenters. The van der Waals surface area contributed by atoms with E-state index in [1.165, 1.54) is 53.6 Å². The second kappa shape index (κ2) is 7.77. The van der Waals surface area contributed by atoms with Crippen LogP contribution in [0, 0.1) is 11.6 Å². The number of fused-ring (bicyclic) bond motifs is 1. The molecule has 0 bridgehead atoms. The third-order valence-corrected chi connectivity index (χ3v) is 5.15. The molecular weight excluding hydrogens is 418 g/mol. The molecule has 0 aliphatic carbocycles. The molecule has 5 rings (SSSR count). The van der Waals surface area contributed by atoms with Crippen LogP contribution >= 0.6 is 0 Å². The molecule has 32 heavy (non-hydrogen) atoms. The Morgan fingerprint density at radius 2 is 1.56 bits per heavy atom. The summed E-state index contributed by atoms with van der Waals surface area (Å²) >= 11 is 0. The highest BCUT2D eigenvalue weighted by molar-refractivity contribution is 5.72. The molecule has 0 saturated carbocycles. The minimum absolute atomic E-state index is 0.0798. The summed E-state index contributed by atoms with van der Waals surface area (Å²) in [5.74, 6) is -0.391. The second-order valence-corrected chi connectivity index (χ2v) is 7.24. The zero-order valence-corrected chi connectivity index (χ0v) is 16.6. The van der Waals surface area contributed by atoms with Crippen LogP contribution in [0.5, 0.6) is 0 Å². The molecule has 5 aromatic rings. The molecule has 2 aromatic carbocycles. The van der Waals surface area contributed by atoms with Crippen molar-refractivity contribution in [3.05, 3.63) is 117 Å². The van der Waals surface area contributed by atoms with Crippen molar-refractivity contribution in [1.82, 2.24) is 18.7 Å². The van der Waals surface area contributed by atoms with Crippen LogP contribution < -0.4 is 11.2 Å². The fourth-order valence-corrected chi connectivity index (χ4v) is 3.61. The third kappa shape index (κ3) is 3.43. The van der Waals surface area contributed by atoms with Crippen LogP contribution in [0.4, 0.5) is 8.78 Å². The summed E-state index contributed by atoms with van der Waals surface area (Å²) in [6, 6.07) is 14.5. The summed E-state index contributed by atoms with van der Waals surface area (Å²) in [5.41, 5.74) is 0.273. The minimum atomic E-state index is -0.627. The van der Waals surface area contributed by atoms with E-state index in [1.807, 2.05) is 0 Å². The second-order valence-electron chi connectivity index (χ2n) is 7.24. The Morgan fingerprint density at radius 3 is 2.22 bits per heavy atom. The van der Waals surface area contributed by atoms with Crippen molar-refractivity contribution in [2.24, 2.45) is 0 Å². The predicted octanol–water partition coefficient (Wildman–Crippen LogP) is 3.32. The van der Waals surface area contributed by atoms with Gasteiger partial charge in [0.2, 0.25) is 0 Å². The average Bonchev–Trinajstić information content (AvgIpc) is 3.44. The SMILES string of the molecule is O=c1c2c(ncn2Cc2ccc(F)cc2)n(-c2ccc(F)cc2)c(=O)n1Cc1ccco1. The highest BCUT2D eigenvalue weighted by Crippen LogP contribution is 2.16. The zero-order valence-electron chi connectivity index (χ0n) is 16.6. The molecule has 0 saturated heterocycles. The van der Waals surface area contributed by atoms with E-state index < -0.39 is 17.1 Å². The number of nitrogens with zero attached hydrogens (tertiary/aromatic N) is 4. The molecule has 0 aliphatic heterocycles. The van der Waals surface area contributed by atoms with Gasteiger partial charge in [0.25, 0.3) is 5.56 Å². The Balaban J connectivity index is 1.75. The molecule has 9 heteroatoms. The first kappa shape index (κ1) is 19.7. The van der Waals surface area contributed by atoms with Gasteiger partial charge in [-0.1, -0.05) is 12.1 Å². The van der Waals surface area contributed by atoms with Gasteiger partial charge in [0.05, 0.1) is 24.8 Å². The summed E-state index contributed by atoms with van der Waals surface area (Å²) in [4.78, 5) is 31.0. The van der Waals surface area contributed by atoms with E-state index in [-0.39, 0.29) is 30.1 Å². The van der Waals surface area contributed by atoms with Gasteiger partial charge in [-0.3, -0.25) is 9.36 Å². The molecule has 0 N–H and O–H groups in total. The van der Waals surface area contributed by atoms with Gasteiger partial charge in [-0.15, -0.1) is 0 Å². The number of hydrogen-bond acceptors (Lipinski definition) is 4. The average molecular weight is 434 g/mol. The first-order valence-electron chi connectivity index (χ1n) is 9.75. The van der Waals surface area contributed by atoms with E-state index in [1.54, 1.807) is 28.8 Å². The van der Waals surface area contributed by atoms with E-state index in [0.29, 0.717) is 11.4 Å². The van der Waals surface area contributed by atoms with Crippen LogP contribution in [0.3, 0.4) is 0 Å². The Morgan fingerprint density at radius 1 is 0.875 bits per heavy atom. The largest absolute Gasteiger partial charge is 0.467 e. The van der Waals surface area contributed by atoms with E-state index in [0.717, 1.165) is 10.1 Å². The Labute approximate surface area is 179 Å². The molecule has 0 spiro atoms. The van der Waals surface area contributed by atoms with Gasteiger partial charge in [-0.2, -0.15) is 0 Å². The molecular formula is C23H16F2N4O3. The van der Waals surface area contributed by atoms with Gasteiger partial charge in [0.15, 0.2) is 11.2 Å². The van der Waals surface area contributed by atoms with E-state index in [4.69, 9.17) is 4.42 Å². The standard InChI is InChI=1S/C23H16F2N4O3/c24-16-5-3-15(4-6-16)12-27-14-26-21-20(27)22(30)28(13-19-2-1-11-32-19)23(31)29(21)18-9-7-17(25)8-10-18/h1-11,14H,12-13H2. The maximum Gasteiger partial charge on any atom is 0.337 e. The van der Waals surface area contributed by atoms with Crippen LogP contribution in [-0.4, -0.2) is 18.7 Å². The van der Waals surface area contributed by atoms with Crippen LogP contribution in [0.25, 0.3) is 16.9 Å². The highest BCUT2D eigenvalue weighted by Gasteiger charge is 2.20. The van der Waals surface area contributed by atoms with Crippen molar-refractivity contribution in [3.8, 4) is 5.69 Å². The number of hydrogen-bond donors (Lipinski definition) is 0. The van der Waals surface area contributed by atoms with Gasteiger partial charge in [-0.25, -0.2) is 23.1 Å². The Hall–Kier alpha value is -4.27. The number of furan rings is 1. The predicted molar refractivity (Wildman–Crippen MR) is 113 cm³/mol. The van der Waals surface area contributed by atoms with Crippen molar-refractivity contribution < 1.29 is 13.2 Å². The lowest BCUT2D eigenvalue weighted by Crippen LogP contribution is -2.40. The molecule has 160 valence electrons. The van der Waals surface area contributed by atoms with Crippen molar-refractivity contribution in [3.63, 3.8) is 0 Å². The molecule has 0 amide bonds. The maximum atomic E-state index is 13.5. The first-order valence-corrected chi connectivity index (χ1v) is 9.75. The van der Waals surface area contributed by atoms with Crippen LogP contribution in [-0.2, 0) is 13.1 Å². The molecule has 3 aromatic heterocycles. The molecule has 0 radical (unpaired) electrons. The fourth-order valence-electron chi connectivity index (χ4n) is 3.61. The fraction of sp³-hybridized carbons (Fsp3) is 0.0870. The van der Waals surface area contributed by atoms with Crippen LogP contribution in [0.1, 0.15) is 11.3 Å². The summed E-state index contributed by atoms with van der Waals surface area (Å²) in [5, 5.41) is 0. The van der Waals surface area contributed by atoms with Gasteiger partial charge in [0, 0.05) is 6.54 Å². The quantitative estimate of drug-likeness (QED) is 0.425. The lowest BCUT2D eigenvalue weighted by atomic mass is 10.2. The first-order chi connectivity index (χ1) is 15.5. The Bertz CT molecular complexity index is 1510. The number of halogens is 2. The zero-order chi connectivity index (χ0) is 22.2. The number of benzene rings is 2. The monoisotopic (exact) mass is 434 g/mol.